The van der Waals surface area contributed by atoms with Gasteiger partial charge in [0, 0.05) is 32.8 Å². The molecule has 1 fully saturated rings. The highest BCUT2D eigenvalue weighted by molar-refractivity contribution is 5.85. The van der Waals surface area contributed by atoms with Gasteiger partial charge in [0.25, 0.3) is 0 Å². The molecule has 2 atom stereocenters. The van der Waals surface area contributed by atoms with E-state index in [1.165, 1.54) is 12.0 Å². The number of rotatable bonds is 7. The summed E-state index contributed by atoms with van der Waals surface area (Å²) in [7, 11) is 1.78. The van der Waals surface area contributed by atoms with Crippen LogP contribution in [0, 0.1) is 5.41 Å². The summed E-state index contributed by atoms with van der Waals surface area (Å²) in [6.07, 6.45) is 1.26. The van der Waals surface area contributed by atoms with Crippen molar-refractivity contribution >= 4 is 12.4 Å². The molecule has 0 radical (unpaired) electrons. The molecule has 4 heteroatoms. The lowest BCUT2D eigenvalue weighted by molar-refractivity contribution is 0.0911. The van der Waals surface area contributed by atoms with Crippen molar-refractivity contribution in [1.29, 1.82) is 0 Å². The Morgan fingerprint density at radius 2 is 2.05 bits per heavy atom. The van der Waals surface area contributed by atoms with Gasteiger partial charge in [0.1, 0.15) is 0 Å². The number of hydrogen-bond donors (Lipinski definition) is 1. The van der Waals surface area contributed by atoms with Gasteiger partial charge in [-0.15, -0.1) is 12.4 Å². The quantitative estimate of drug-likeness (QED) is 0.837. The van der Waals surface area contributed by atoms with Crippen LogP contribution in [0.4, 0.5) is 0 Å². The number of benzene rings is 1. The minimum absolute atomic E-state index is 0. The third-order valence-electron chi connectivity index (χ3n) is 4.45. The molecule has 120 valence electrons. The van der Waals surface area contributed by atoms with E-state index in [0.717, 1.165) is 32.8 Å². The van der Waals surface area contributed by atoms with Crippen molar-refractivity contribution in [2.45, 2.75) is 26.3 Å². The summed E-state index contributed by atoms with van der Waals surface area (Å²) in [5.74, 6) is 0. The van der Waals surface area contributed by atoms with Gasteiger partial charge in [0.2, 0.25) is 0 Å². The van der Waals surface area contributed by atoms with Crippen LogP contribution in [0.25, 0.3) is 0 Å². The lowest BCUT2D eigenvalue weighted by Crippen LogP contribution is -2.40. The molecular weight excluding hydrogens is 284 g/mol. The number of nitrogens with one attached hydrogen (secondary N) is 1. The molecule has 1 heterocycles. The molecule has 21 heavy (non-hydrogen) atoms. The SMILES string of the molecule is COCCN(CC1(C)CCNC1)C(C)c1ccccc1.Cl. The first-order valence-electron chi connectivity index (χ1n) is 7.63. The minimum atomic E-state index is 0. The van der Waals surface area contributed by atoms with Gasteiger partial charge in [0.15, 0.2) is 0 Å². The molecule has 0 saturated carbocycles. The summed E-state index contributed by atoms with van der Waals surface area (Å²) in [5, 5.41) is 3.50. The van der Waals surface area contributed by atoms with Gasteiger partial charge in [-0.25, -0.2) is 0 Å². The molecule has 2 rings (SSSR count). The number of nitrogens with zero attached hydrogens (tertiary/aromatic N) is 1. The van der Waals surface area contributed by atoms with Crippen LogP contribution in [0.15, 0.2) is 30.3 Å². The molecule has 1 N–H and O–H groups in total. The number of hydrogen-bond acceptors (Lipinski definition) is 3. The van der Waals surface area contributed by atoms with Crippen molar-refractivity contribution in [3.05, 3.63) is 35.9 Å². The second-order valence-electron chi connectivity index (χ2n) is 6.29. The van der Waals surface area contributed by atoms with Gasteiger partial charge in [-0.1, -0.05) is 37.3 Å². The van der Waals surface area contributed by atoms with Crippen LogP contribution in [0.5, 0.6) is 0 Å². The third-order valence-corrected chi connectivity index (χ3v) is 4.45. The fraction of sp³-hybridized carbons (Fsp3) is 0.647. The summed E-state index contributed by atoms with van der Waals surface area (Å²) >= 11 is 0. The number of halogens is 1. The van der Waals surface area contributed by atoms with Gasteiger partial charge < -0.3 is 10.1 Å². The van der Waals surface area contributed by atoms with Crippen LogP contribution in [0.2, 0.25) is 0 Å². The normalized spacial score (nSPS) is 23.0. The molecule has 0 aliphatic carbocycles. The summed E-state index contributed by atoms with van der Waals surface area (Å²) in [5.41, 5.74) is 1.77. The zero-order valence-corrected chi connectivity index (χ0v) is 14.3. The molecule has 0 bridgehead atoms. The van der Waals surface area contributed by atoms with Crippen LogP contribution in [-0.2, 0) is 4.74 Å². The maximum Gasteiger partial charge on any atom is 0.0589 e. The lowest BCUT2D eigenvalue weighted by atomic mass is 9.88. The van der Waals surface area contributed by atoms with E-state index in [1.807, 2.05) is 0 Å². The molecule has 1 aliphatic rings. The van der Waals surface area contributed by atoms with Crippen molar-refractivity contribution in [2.24, 2.45) is 5.41 Å². The highest BCUT2D eigenvalue weighted by Crippen LogP contribution is 2.29. The maximum atomic E-state index is 5.30. The van der Waals surface area contributed by atoms with Crippen molar-refractivity contribution in [1.82, 2.24) is 10.2 Å². The number of ether oxygens (including phenoxy) is 1. The molecule has 0 amide bonds. The Labute approximate surface area is 135 Å². The van der Waals surface area contributed by atoms with E-state index in [4.69, 9.17) is 4.74 Å². The molecular formula is C17H29ClN2O. The van der Waals surface area contributed by atoms with E-state index in [2.05, 4.69) is 54.4 Å². The Hall–Kier alpha value is -0.610. The highest BCUT2D eigenvalue weighted by Gasteiger charge is 2.32. The average molecular weight is 313 g/mol. The Morgan fingerprint density at radius 1 is 1.33 bits per heavy atom. The predicted octanol–water partition coefficient (Wildman–Crippen LogP) is 3.12. The van der Waals surface area contributed by atoms with Crippen molar-refractivity contribution in [3.8, 4) is 0 Å². The van der Waals surface area contributed by atoms with Crippen molar-refractivity contribution < 1.29 is 4.74 Å². The van der Waals surface area contributed by atoms with Gasteiger partial charge in [-0.3, -0.25) is 4.90 Å². The Bertz CT molecular complexity index is 393. The topological polar surface area (TPSA) is 24.5 Å². The molecule has 0 spiro atoms. The van der Waals surface area contributed by atoms with E-state index < -0.39 is 0 Å². The fourth-order valence-corrected chi connectivity index (χ4v) is 3.05. The fourth-order valence-electron chi connectivity index (χ4n) is 3.05. The monoisotopic (exact) mass is 312 g/mol. The van der Waals surface area contributed by atoms with E-state index in [1.54, 1.807) is 7.11 Å². The van der Waals surface area contributed by atoms with Crippen LogP contribution in [0.1, 0.15) is 31.9 Å². The predicted molar refractivity (Wildman–Crippen MR) is 91.1 cm³/mol. The first-order valence-corrected chi connectivity index (χ1v) is 7.63. The van der Waals surface area contributed by atoms with E-state index in [-0.39, 0.29) is 12.4 Å². The zero-order valence-electron chi connectivity index (χ0n) is 13.5. The molecule has 0 aromatic heterocycles. The van der Waals surface area contributed by atoms with Gasteiger partial charge in [-0.2, -0.15) is 0 Å². The highest BCUT2D eigenvalue weighted by atomic mass is 35.5. The molecule has 2 unspecified atom stereocenters. The molecule has 1 aliphatic heterocycles. The molecule has 1 aromatic carbocycles. The first kappa shape index (κ1) is 18.4. The molecule has 1 aromatic rings. The zero-order chi connectivity index (χ0) is 14.4. The van der Waals surface area contributed by atoms with E-state index >= 15 is 0 Å². The van der Waals surface area contributed by atoms with Gasteiger partial charge in [0.05, 0.1) is 6.61 Å². The summed E-state index contributed by atoms with van der Waals surface area (Å²) < 4.78 is 5.30. The lowest BCUT2D eigenvalue weighted by Gasteiger charge is -2.36. The average Bonchev–Trinajstić information content (AvgIpc) is 2.90. The number of methoxy groups -OCH3 is 1. The Balaban J connectivity index is 0.00000220. The second kappa shape index (κ2) is 8.74. The maximum absolute atomic E-state index is 5.30. The summed E-state index contributed by atoms with van der Waals surface area (Å²) in [4.78, 5) is 2.56. The molecule has 1 saturated heterocycles. The third kappa shape index (κ3) is 5.26. The second-order valence-corrected chi connectivity index (χ2v) is 6.29. The Kier molecular flexibility index (Phi) is 7.67. The van der Waals surface area contributed by atoms with Gasteiger partial charge >= 0.3 is 0 Å². The van der Waals surface area contributed by atoms with E-state index in [9.17, 15) is 0 Å². The largest absolute Gasteiger partial charge is 0.383 e. The first-order chi connectivity index (χ1) is 9.64. The van der Waals surface area contributed by atoms with Crippen molar-refractivity contribution in [2.75, 3.05) is 39.9 Å². The summed E-state index contributed by atoms with van der Waals surface area (Å²) in [6.45, 7) is 9.87. The molecule has 3 nitrogen and oxygen atoms in total. The van der Waals surface area contributed by atoms with Crippen LogP contribution < -0.4 is 5.32 Å². The Morgan fingerprint density at radius 3 is 2.62 bits per heavy atom. The minimum Gasteiger partial charge on any atom is -0.383 e. The van der Waals surface area contributed by atoms with E-state index in [0.29, 0.717) is 11.5 Å². The van der Waals surface area contributed by atoms with Crippen LogP contribution >= 0.6 is 12.4 Å². The standard InChI is InChI=1S/C17H28N2O.ClH/c1-15(16-7-5-4-6-8-16)19(11-12-20-3)14-17(2)9-10-18-13-17;/h4-8,15,18H,9-14H2,1-3H3;1H. The van der Waals surface area contributed by atoms with Crippen LogP contribution in [-0.4, -0.2) is 44.8 Å². The van der Waals surface area contributed by atoms with Gasteiger partial charge in [-0.05, 0) is 30.9 Å². The van der Waals surface area contributed by atoms with Crippen molar-refractivity contribution in [3.63, 3.8) is 0 Å². The van der Waals surface area contributed by atoms with Crippen LogP contribution in [0.3, 0.4) is 0 Å². The smallest absolute Gasteiger partial charge is 0.0589 e. The summed E-state index contributed by atoms with van der Waals surface area (Å²) in [6, 6.07) is 11.2.